The summed E-state index contributed by atoms with van der Waals surface area (Å²) in [5.74, 6) is -2.12. The van der Waals surface area contributed by atoms with Crippen LogP contribution in [0.3, 0.4) is 0 Å². The van der Waals surface area contributed by atoms with Crippen molar-refractivity contribution in [1.29, 1.82) is 0 Å². The van der Waals surface area contributed by atoms with Gasteiger partial charge in [-0.15, -0.1) is 0 Å². The van der Waals surface area contributed by atoms with E-state index < -0.39 is 35.7 Å². The number of hydrogen-bond acceptors (Lipinski definition) is 5. The number of amides is 4. The first kappa shape index (κ1) is 24.1. The van der Waals surface area contributed by atoms with E-state index in [2.05, 4.69) is 16.0 Å². The van der Waals surface area contributed by atoms with Gasteiger partial charge in [0, 0.05) is 12.8 Å². The molecule has 0 radical (unpaired) electrons. The van der Waals surface area contributed by atoms with Crippen molar-refractivity contribution >= 4 is 23.6 Å². The third kappa shape index (κ3) is 9.70. The van der Waals surface area contributed by atoms with Crippen LogP contribution in [0.5, 0.6) is 0 Å². The van der Waals surface area contributed by atoms with Crippen molar-refractivity contribution < 1.29 is 24.3 Å². The summed E-state index contributed by atoms with van der Waals surface area (Å²) in [6, 6.07) is 7.32. The maximum atomic E-state index is 12.9. The highest BCUT2D eigenvalue weighted by Crippen LogP contribution is 2.08. The van der Waals surface area contributed by atoms with Crippen LogP contribution in [0.25, 0.3) is 0 Å². The molecule has 160 valence electrons. The average Bonchev–Trinajstić information content (AvgIpc) is 2.65. The molecule has 0 aliphatic rings. The second-order valence-corrected chi connectivity index (χ2v) is 7.16. The molecule has 0 unspecified atom stereocenters. The minimum atomic E-state index is -0.921. The second-order valence-electron chi connectivity index (χ2n) is 7.16. The predicted molar refractivity (Wildman–Crippen MR) is 107 cm³/mol. The first-order chi connectivity index (χ1) is 13.7. The van der Waals surface area contributed by atoms with Crippen LogP contribution in [0.1, 0.15) is 32.3 Å². The SMILES string of the molecule is CC(C)C[C@H](NC(=O)[C@H](Cc1ccccc1)NC(=O)CCO)C(=O)NCC(N)=O. The zero-order valence-corrected chi connectivity index (χ0v) is 16.8. The van der Waals surface area contributed by atoms with E-state index >= 15 is 0 Å². The summed E-state index contributed by atoms with van der Waals surface area (Å²) in [7, 11) is 0. The van der Waals surface area contributed by atoms with Crippen LogP contribution in [0.2, 0.25) is 0 Å². The van der Waals surface area contributed by atoms with Crippen LogP contribution < -0.4 is 21.7 Å². The molecule has 0 aromatic heterocycles. The molecule has 0 heterocycles. The lowest BCUT2D eigenvalue weighted by atomic mass is 10.0. The van der Waals surface area contributed by atoms with Crippen molar-refractivity contribution in [3.05, 3.63) is 35.9 Å². The summed E-state index contributed by atoms with van der Waals surface area (Å²) in [5, 5.41) is 16.6. The summed E-state index contributed by atoms with van der Waals surface area (Å²) in [5.41, 5.74) is 5.88. The van der Waals surface area contributed by atoms with Crippen LogP contribution in [-0.2, 0) is 25.6 Å². The number of aliphatic hydroxyl groups excluding tert-OH is 1. The van der Waals surface area contributed by atoms with Gasteiger partial charge in [-0.1, -0.05) is 44.2 Å². The van der Waals surface area contributed by atoms with E-state index in [4.69, 9.17) is 10.8 Å². The highest BCUT2D eigenvalue weighted by Gasteiger charge is 2.27. The molecule has 6 N–H and O–H groups in total. The van der Waals surface area contributed by atoms with Gasteiger partial charge >= 0.3 is 0 Å². The molecule has 0 aliphatic heterocycles. The fraction of sp³-hybridized carbons (Fsp3) is 0.500. The summed E-state index contributed by atoms with van der Waals surface area (Å²) >= 11 is 0. The van der Waals surface area contributed by atoms with Crippen molar-refractivity contribution in [1.82, 2.24) is 16.0 Å². The Morgan fingerprint density at radius 3 is 2.21 bits per heavy atom. The first-order valence-electron chi connectivity index (χ1n) is 9.53. The van der Waals surface area contributed by atoms with Crippen LogP contribution in [0, 0.1) is 5.92 Å². The normalized spacial score (nSPS) is 12.7. The first-order valence-corrected chi connectivity index (χ1v) is 9.53. The molecule has 29 heavy (non-hydrogen) atoms. The van der Waals surface area contributed by atoms with E-state index in [9.17, 15) is 19.2 Å². The number of hydrogen-bond donors (Lipinski definition) is 5. The molecule has 0 spiro atoms. The second kappa shape index (κ2) is 12.5. The molecular formula is C20H30N4O5. The maximum absolute atomic E-state index is 12.9. The Kier molecular flexibility index (Phi) is 10.4. The molecular weight excluding hydrogens is 376 g/mol. The van der Waals surface area contributed by atoms with E-state index in [1.54, 1.807) is 0 Å². The molecule has 1 rings (SSSR count). The number of nitrogens with two attached hydrogens (primary N) is 1. The Morgan fingerprint density at radius 2 is 1.66 bits per heavy atom. The Hall–Kier alpha value is -2.94. The van der Waals surface area contributed by atoms with Crippen LogP contribution in [0.15, 0.2) is 30.3 Å². The summed E-state index contributed by atoms with van der Waals surface area (Å²) in [6.07, 6.45) is 0.438. The van der Waals surface area contributed by atoms with Crippen LogP contribution in [0.4, 0.5) is 0 Å². The van der Waals surface area contributed by atoms with Crippen molar-refractivity contribution in [3.8, 4) is 0 Å². The molecule has 1 aromatic rings. The van der Waals surface area contributed by atoms with Gasteiger partial charge in [-0.25, -0.2) is 0 Å². The highest BCUT2D eigenvalue weighted by molar-refractivity contribution is 5.93. The van der Waals surface area contributed by atoms with Crippen molar-refractivity contribution in [2.75, 3.05) is 13.2 Å². The molecule has 0 fully saturated rings. The van der Waals surface area contributed by atoms with E-state index in [0.29, 0.717) is 6.42 Å². The van der Waals surface area contributed by atoms with Crippen molar-refractivity contribution in [3.63, 3.8) is 0 Å². The van der Waals surface area contributed by atoms with E-state index in [1.165, 1.54) is 0 Å². The van der Waals surface area contributed by atoms with Crippen molar-refractivity contribution in [2.24, 2.45) is 11.7 Å². The fourth-order valence-electron chi connectivity index (χ4n) is 2.70. The van der Waals surface area contributed by atoms with Gasteiger partial charge in [-0.2, -0.15) is 0 Å². The van der Waals surface area contributed by atoms with Gasteiger partial charge in [-0.05, 0) is 17.9 Å². The monoisotopic (exact) mass is 406 g/mol. The Balaban J connectivity index is 2.92. The minimum absolute atomic E-state index is 0.0937. The third-order valence-electron chi connectivity index (χ3n) is 4.05. The van der Waals surface area contributed by atoms with Crippen LogP contribution >= 0.6 is 0 Å². The summed E-state index contributed by atoms with van der Waals surface area (Å²) < 4.78 is 0. The zero-order valence-electron chi connectivity index (χ0n) is 16.8. The average molecular weight is 406 g/mol. The quantitative estimate of drug-likeness (QED) is 0.309. The van der Waals surface area contributed by atoms with E-state index in [0.717, 1.165) is 5.56 Å². The number of aliphatic hydroxyl groups is 1. The Bertz CT molecular complexity index is 693. The molecule has 9 nitrogen and oxygen atoms in total. The van der Waals surface area contributed by atoms with Gasteiger partial charge in [0.15, 0.2) is 0 Å². The summed E-state index contributed by atoms with van der Waals surface area (Å²) in [4.78, 5) is 48.1. The Labute approximate surface area is 170 Å². The standard InChI is InChI=1S/C20H30N4O5/c1-13(2)10-15(19(28)22-12-17(21)26)24-20(29)16(23-18(27)8-9-25)11-14-6-4-3-5-7-14/h3-7,13,15-16,25H,8-12H2,1-2H3,(H2,21,26)(H,22,28)(H,23,27)(H,24,29)/t15-,16-/m0/s1. The third-order valence-corrected chi connectivity index (χ3v) is 4.05. The van der Waals surface area contributed by atoms with Gasteiger partial charge in [0.25, 0.3) is 0 Å². The smallest absolute Gasteiger partial charge is 0.243 e. The maximum Gasteiger partial charge on any atom is 0.243 e. The molecule has 0 bridgehead atoms. The molecule has 4 amide bonds. The highest BCUT2D eigenvalue weighted by atomic mass is 16.3. The van der Waals surface area contributed by atoms with Gasteiger partial charge < -0.3 is 26.8 Å². The number of nitrogens with one attached hydrogen (secondary N) is 3. The molecule has 2 atom stereocenters. The number of rotatable bonds is 12. The molecule has 1 aromatic carbocycles. The van der Waals surface area contributed by atoms with Crippen molar-refractivity contribution in [2.45, 2.75) is 45.2 Å². The molecule has 9 heteroatoms. The predicted octanol–water partition coefficient (Wildman–Crippen LogP) is -0.771. The number of primary amides is 1. The minimum Gasteiger partial charge on any atom is -0.396 e. The molecule has 0 saturated carbocycles. The molecule has 0 aliphatic carbocycles. The molecule has 0 saturated heterocycles. The number of carbonyl (C=O) groups is 4. The van der Waals surface area contributed by atoms with E-state index in [1.807, 2.05) is 44.2 Å². The lowest BCUT2D eigenvalue weighted by molar-refractivity contribution is -0.133. The van der Waals surface area contributed by atoms with Gasteiger partial charge in [0.1, 0.15) is 12.1 Å². The lowest BCUT2D eigenvalue weighted by Gasteiger charge is -2.24. The van der Waals surface area contributed by atoms with Gasteiger partial charge in [-0.3, -0.25) is 19.2 Å². The van der Waals surface area contributed by atoms with E-state index in [-0.39, 0.29) is 31.9 Å². The van der Waals surface area contributed by atoms with Gasteiger partial charge in [0.05, 0.1) is 13.2 Å². The number of carbonyl (C=O) groups excluding carboxylic acids is 4. The van der Waals surface area contributed by atoms with Gasteiger partial charge in [0.2, 0.25) is 23.6 Å². The zero-order chi connectivity index (χ0) is 21.8. The largest absolute Gasteiger partial charge is 0.396 e. The summed E-state index contributed by atoms with van der Waals surface area (Å²) in [6.45, 7) is 3.12. The van der Waals surface area contributed by atoms with Crippen LogP contribution in [-0.4, -0.2) is 54.0 Å². The fourth-order valence-corrected chi connectivity index (χ4v) is 2.70. The lowest BCUT2D eigenvalue weighted by Crippen LogP contribution is -2.55. The Morgan fingerprint density at radius 1 is 1.00 bits per heavy atom. The topological polar surface area (TPSA) is 151 Å². The number of benzene rings is 1.